The van der Waals surface area contributed by atoms with Crippen molar-refractivity contribution in [2.75, 3.05) is 19.7 Å². The Morgan fingerprint density at radius 3 is 2.74 bits per heavy atom. The standard InChI is InChI=1S/C21H23ClN2O3/c1-13-2-3-15(8-19(13)25)21(26)23-17-9-18-12-27-20(11-24(18)10-17)14-4-6-16(22)7-5-14/h2-8,17-18,20,25H,9-12H2,1H3,(H,23,26)/t17-,18+,20-/m1/s1. The Morgan fingerprint density at radius 1 is 1.22 bits per heavy atom. The Morgan fingerprint density at radius 2 is 2.00 bits per heavy atom. The van der Waals surface area contributed by atoms with Gasteiger partial charge in [0.25, 0.3) is 5.91 Å². The maximum atomic E-state index is 12.5. The Hall–Kier alpha value is -2.08. The van der Waals surface area contributed by atoms with E-state index < -0.39 is 0 Å². The number of hydrogen-bond donors (Lipinski definition) is 2. The summed E-state index contributed by atoms with van der Waals surface area (Å²) >= 11 is 5.97. The number of nitrogens with zero attached hydrogens (tertiary/aromatic N) is 1. The minimum atomic E-state index is -0.148. The van der Waals surface area contributed by atoms with Crippen LogP contribution in [0.2, 0.25) is 5.02 Å². The minimum absolute atomic E-state index is 0.0296. The number of aromatic hydroxyl groups is 1. The highest BCUT2D eigenvalue weighted by Gasteiger charge is 2.38. The maximum absolute atomic E-state index is 12.5. The SMILES string of the molecule is Cc1ccc(C(=O)N[C@@H]2C[C@H]3CO[C@@H](c4ccc(Cl)cc4)CN3C2)cc1O. The Balaban J connectivity index is 1.37. The molecule has 2 aromatic carbocycles. The zero-order valence-electron chi connectivity index (χ0n) is 15.2. The number of halogens is 1. The van der Waals surface area contributed by atoms with Gasteiger partial charge in [0, 0.05) is 35.8 Å². The molecule has 2 saturated heterocycles. The monoisotopic (exact) mass is 386 g/mol. The third kappa shape index (κ3) is 3.95. The van der Waals surface area contributed by atoms with E-state index in [-0.39, 0.29) is 23.8 Å². The molecule has 1 amide bonds. The van der Waals surface area contributed by atoms with Crippen molar-refractivity contribution in [2.45, 2.75) is 31.5 Å². The van der Waals surface area contributed by atoms with Gasteiger partial charge in [0.1, 0.15) is 5.75 Å². The van der Waals surface area contributed by atoms with Crippen molar-refractivity contribution in [3.63, 3.8) is 0 Å². The van der Waals surface area contributed by atoms with E-state index in [0.29, 0.717) is 18.2 Å². The number of fused-ring (bicyclic) bond motifs is 1. The number of hydrogen-bond acceptors (Lipinski definition) is 4. The Bertz CT molecular complexity index is 840. The second-order valence-corrected chi connectivity index (χ2v) is 7.83. The molecular weight excluding hydrogens is 364 g/mol. The number of carbonyl (C=O) groups excluding carboxylic acids is 1. The summed E-state index contributed by atoms with van der Waals surface area (Å²) in [5.74, 6) is -0.00369. The lowest BCUT2D eigenvalue weighted by Gasteiger charge is -2.35. The number of amides is 1. The summed E-state index contributed by atoms with van der Waals surface area (Å²) in [6.07, 6.45) is 0.902. The summed E-state index contributed by atoms with van der Waals surface area (Å²) in [4.78, 5) is 14.9. The van der Waals surface area contributed by atoms with E-state index in [2.05, 4.69) is 10.2 Å². The summed E-state index contributed by atoms with van der Waals surface area (Å²) in [5, 5.41) is 13.6. The van der Waals surface area contributed by atoms with Gasteiger partial charge in [-0.25, -0.2) is 0 Å². The third-order valence-electron chi connectivity index (χ3n) is 5.47. The first-order valence-corrected chi connectivity index (χ1v) is 9.59. The molecule has 0 aliphatic carbocycles. The molecule has 2 heterocycles. The van der Waals surface area contributed by atoms with Crippen molar-refractivity contribution in [3.8, 4) is 5.75 Å². The van der Waals surface area contributed by atoms with Crippen LogP contribution in [0.5, 0.6) is 5.75 Å². The molecule has 27 heavy (non-hydrogen) atoms. The summed E-state index contributed by atoms with van der Waals surface area (Å²) in [6, 6.07) is 13.2. The van der Waals surface area contributed by atoms with Gasteiger partial charge >= 0.3 is 0 Å². The molecule has 142 valence electrons. The molecular formula is C21H23ClN2O3. The van der Waals surface area contributed by atoms with Gasteiger partial charge in [-0.2, -0.15) is 0 Å². The van der Waals surface area contributed by atoms with E-state index >= 15 is 0 Å². The molecule has 5 nitrogen and oxygen atoms in total. The topological polar surface area (TPSA) is 61.8 Å². The highest BCUT2D eigenvalue weighted by Crippen LogP contribution is 2.31. The van der Waals surface area contributed by atoms with Gasteiger partial charge in [0.05, 0.1) is 12.7 Å². The quantitative estimate of drug-likeness (QED) is 0.849. The second-order valence-electron chi connectivity index (χ2n) is 7.39. The fraction of sp³-hybridized carbons (Fsp3) is 0.381. The number of ether oxygens (including phenoxy) is 1. The van der Waals surface area contributed by atoms with E-state index in [1.165, 1.54) is 6.07 Å². The van der Waals surface area contributed by atoms with E-state index in [1.807, 2.05) is 31.2 Å². The molecule has 3 atom stereocenters. The van der Waals surface area contributed by atoms with Gasteiger partial charge in [0.15, 0.2) is 0 Å². The number of rotatable bonds is 3. The fourth-order valence-corrected chi connectivity index (χ4v) is 4.00. The lowest BCUT2D eigenvalue weighted by atomic mass is 10.1. The number of carbonyl (C=O) groups is 1. The first-order valence-electron chi connectivity index (χ1n) is 9.21. The van der Waals surface area contributed by atoms with Crippen molar-refractivity contribution in [1.82, 2.24) is 10.2 Å². The highest BCUT2D eigenvalue weighted by atomic mass is 35.5. The van der Waals surface area contributed by atoms with E-state index in [4.69, 9.17) is 16.3 Å². The summed E-state index contributed by atoms with van der Waals surface area (Å²) in [6.45, 7) is 4.08. The summed E-state index contributed by atoms with van der Waals surface area (Å²) in [5.41, 5.74) is 2.37. The molecule has 2 aliphatic rings. The van der Waals surface area contributed by atoms with Crippen LogP contribution in [0.25, 0.3) is 0 Å². The fourth-order valence-electron chi connectivity index (χ4n) is 3.88. The van der Waals surface area contributed by atoms with Gasteiger partial charge in [-0.15, -0.1) is 0 Å². The largest absolute Gasteiger partial charge is 0.508 e. The van der Waals surface area contributed by atoms with Crippen LogP contribution in [0, 0.1) is 6.92 Å². The van der Waals surface area contributed by atoms with Crippen molar-refractivity contribution in [2.24, 2.45) is 0 Å². The van der Waals surface area contributed by atoms with Crippen LogP contribution in [-0.2, 0) is 4.74 Å². The molecule has 6 heteroatoms. The molecule has 0 saturated carbocycles. The lowest BCUT2D eigenvalue weighted by Crippen LogP contribution is -2.43. The number of benzene rings is 2. The van der Waals surface area contributed by atoms with Crippen molar-refractivity contribution < 1.29 is 14.6 Å². The molecule has 2 aromatic rings. The zero-order chi connectivity index (χ0) is 19.0. The van der Waals surface area contributed by atoms with Crippen LogP contribution in [0.4, 0.5) is 0 Å². The molecule has 0 spiro atoms. The first kappa shape index (κ1) is 18.3. The summed E-state index contributed by atoms with van der Waals surface area (Å²) < 4.78 is 6.05. The highest BCUT2D eigenvalue weighted by molar-refractivity contribution is 6.30. The molecule has 0 aromatic heterocycles. The number of nitrogens with one attached hydrogen (secondary N) is 1. The normalized spacial score (nSPS) is 25.2. The van der Waals surface area contributed by atoms with Crippen LogP contribution in [0.15, 0.2) is 42.5 Å². The van der Waals surface area contributed by atoms with Crippen LogP contribution < -0.4 is 5.32 Å². The van der Waals surface area contributed by atoms with Crippen LogP contribution in [0.3, 0.4) is 0 Å². The number of aryl methyl sites for hydroxylation is 1. The first-order chi connectivity index (χ1) is 13.0. The van der Waals surface area contributed by atoms with E-state index in [0.717, 1.165) is 35.7 Å². The number of phenolic OH excluding ortho intramolecular Hbond substituents is 1. The molecule has 0 bridgehead atoms. The smallest absolute Gasteiger partial charge is 0.251 e. The molecule has 0 radical (unpaired) electrons. The van der Waals surface area contributed by atoms with Crippen LogP contribution >= 0.6 is 11.6 Å². The van der Waals surface area contributed by atoms with Crippen LogP contribution in [-0.4, -0.2) is 47.7 Å². The zero-order valence-corrected chi connectivity index (χ0v) is 15.9. The Kier molecular flexibility index (Phi) is 5.08. The average Bonchev–Trinajstić information content (AvgIpc) is 3.06. The second kappa shape index (κ2) is 7.50. The lowest BCUT2D eigenvalue weighted by molar-refractivity contribution is -0.0502. The number of morpholine rings is 1. The van der Waals surface area contributed by atoms with Crippen molar-refractivity contribution in [1.29, 1.82) is 0 Å². The molecule has 4 rings (SSSR count). The molecule has 2 N–H and O–H groups in total. The molecule has 2 aliphatic heterocycles. The Labute approximate surface area is 163 Å². The number of phenols is 1. The maximum Gasteiger partial charge on any atom is 0.251 e. The van der Waals surface area contributed by atoms with E-state index in [9.17, 15) is 9.90 Å². The third-order valence-corrected chi connectivity index (χ3v) is 5.72. The predicted molar refractivity (Wildman–Crippen MR) is 104 cm³/mol. The van der Waals surface area contributed by atoms with Gasteiger partial charge in [-0.3, -0.25) is 9.69 Å². The average molecular weight is 387 g/mol. The summed E-state index contributed by atoms with van der Waals surface area (Å²) in [7, 11) is 0. The minimum Gasteiger partial charge on any atom is -0.508 e. The van der Waals surface area contributed by atoms with Gasteiger partial charge in [-0.05, 0) is 48.7 Å². The van der Waals surface area contributed by atoms with Gasteiger partial charge < -0.3 is 15.2 Å². The van der Waals surface area contributed by atoms with Gasteiger partial charge in [0.2, 0.25) is 0 Å². The molecule has 2 fully saturated rings. The predicted octanol–water partition coefficient (Wildman–Crippen LogP) is 3.30. The molecule has 0 unspecified atom stereocenters. The van der Waals surface area contributed by atoms with E-state index in [1.54, 1.807) is 12.1 Å². The van der Waals surface area contributed by atoms with Crippen molar-refractivity contribution in [3.05, 3.63) is 64.2 Å². The van der Waals surface area contributed by atoms with Gasteiger partial charge in [-0.1, -0.05) is 29.8 Å². The van der Waals surface area contributed by atoms with Crippen LogP contribution in [0.1, 0.15) is 34.0 Å². The van der Waals surface area contributed by atoms with Crippen molar-refractivity contribution >= 4 is 17.5 Å².